The van der Waals surface area contributed by atoms with Crippen LogP contribution in [0, 0.1) is 0 Å². The van der Waals surface area contributed by atoms with Crippen molar-refractivity contribution in [1.82, 2.24) is 24.5 Å². The van der Waals surface area contributed by atoms with Crippen LogP contribution in [-0.2, 0) is 17.8 Å². The number of ether oxygens (including phenoxy) is 1. The van der Waals surface area contributed by atoms with Gasteiger partial charge in [-0.15, -0.1) is 0 Å². The Balaban J connectivity index is 1.50. The molecule has 0 radical (unpaired) electrons. The molecule has 0 bridgehead atoms. The molecule has 0 amide bonds. The summed E-state index contributed by atoms with van der Waals surface area (Å²) < 4.78 is 10.0. The second-order valence-electron chi connectivity index (χ2n) is 5.84. The van der Waals surface area contributed by atoms with Gasteiger partial charge in [0.2, 0.25) is 0 Å². The van der Waals surface area contributed by atoms with Crippen LogP contribution in [0.5, 0.6) is 0 Å². The summed E-state index contributed by atoms with van der Waals surface area (Å²) in [5.41, 5.74) is 2.35. The molecule has 23 heavy (non-hydrogen) atoms. The monoisotopic (exact) mass is 311 g/mol. The van der Waals surface area contributed by atoms with Crippen LogP contribution < -0.4 is 5.32 Å². The lowest BCUT2D eigenvalue weighted by Crippen LogP contribution is -2.32. The molecule has 1 aliphatic heterocycles. The van der Waals surface area contributed by atoms with Crippen LogP contribution in [0.25, 0.3) is 5.52 Å². The van der Waals surface area contributed by atoms with E-state index in [0.29, 0.717) is 0 Å². The zero-order chi connectivity index (χ0) is 15.6. The molecule has 1 saturated heterocycles. The number of imidazole rings is 1. The number of rotatable bonds is 5. The Labute approximate surface area is 135 Å². The molecule has 0 unspecified atom stereocenters. The molecule has 1 aliphatic rings. The van der Waals surface area contributed by atoms with E-state index in [1.807, 2.05) is 41.4 Å². The first-order valence-electron chi connectivity index (χ1n) is 8.14. The van der Waals surface area contributed by atoms with Crippen LogP contribution in [-0.4, -0.2) is 31.8 Å². The Morgan fingerprint density at radius 2 is 2.30 bits per heavy atom. The van der Waals surface area contributed by atoms with Gasteiger partial charge in [0.1, 0.15) is 11.9 Å². The molecule has 3 aromatic rings. The van der Waals surface area contributed by atoms with Gasteiger partial charge in [-0.2, -0.15) is 5.10 Å². The Morgan fingerprint density at radius 1 is 1.35 bits per heavy atom. The van der Waals surface area contributed by atoms with Gasteiger partial charge in [0.25, 0.3) is 0 Å². The lowest BCUT2D eigenvalue weighted by Gasteiger charge is -2.20. The van der Waals surface area contributed by atoms with Gasteiger partial charge in [-0.25, -0.2) is 9.50 Å². The van der Waals surface area contributed by atoms with Crippen molar-refractivity contribution in [2.24, 2.45) is 0 Å². The molecule has 3 aromatic heterocycles. The fraction of sp³-hybridized carbons (Fsp3) is 0.412. The zero-order valence-corrected chi connectivity index (χ0v) is 13.2. The molecule has 0 saturated carbocycles. The third-order valence-electron chi connectivity index (χ3n) is 4.50. The standard InChI is InChI=1S/C17H21N5O/c1-2-21-9-7-18-17(21)16-14(6-10-23-16)19-11-13-12-20-22-8-4-3-5-15(13)22/h3-5,7-9,12,14,16,19H,2,6,10-11H2,1H3/t14-,16-/m0/s1. The number of aromatic nitrogens is 4. The molecule has 0 aromatic carbocycles. The van der Waals surface area contributed by atoms with E-state index >= 15 is 0 Å². The summed E-state index contributed by atoms with van der Waals surface area (Å²) in [5, 5.41) is 8.02. The van der Waals surface area contributed by atoms with Crippen molar-refractivity contribution in [3.8, 4) is 0 Å². The van der Waals surface area contributed by atoms with Gasteiger partial charge < -0.3 is 14.6 Å². The van der Waals surface area contributed by atoms with E-state index in [2.05, 4.69) is 33.0 Å². The first-order chi connectivity index (χ1) is 11.4. The van der Waals surface area contributed by atoms with E-state index in [4.69, 9.17) is 4.74 Å². The number of hydrogen-bond donors (Lipinski definition) is 1. The van der Waals surface area contributed by atoms with Crippen LogP contribution in [0.1, 0.15) is 30.8 Å². The molecule has 1 fully saturated rings. The van der Waals surface area contributed by atoms with E-state index < -0.39 is 0 Å². The summed E-state index contributed by atoms with van der Waals surface area (Å²) in [7, 11) is 0. The molecule has 6 nitrogen and oxygen atoms in total. The van der Waals surface area contributed by atoms with Crippen molar-refractivity contribution < 1.29 is 4.74 Å². The third kappa shape index (κ3) is 2.64. The Hall–Kier alpha value is -2.18. The van der Waals surface area contributed by atoms with Gasteiger partial charge in [-0.1, -0.05) is 6.07 Å². The third-order valence-corrected chi connectivity index (χ3v) is 4.50. The SMILES string of the molecule is CCn1ccnc1[C@H]1OCC[C@@H]1NCc1cnn2ccccc12. The zero-order valence-electron chi connectivity index (χ0n) is 13.2. The Morgan fingerprint density at radius 3 is 3.22 bits per heavy atom. The summed E-state index contributed by atoms with van der Waals surface area (Å²) in [6.07, 6.45) is 8.79. The normalized spacial score (nSPS) is 21.3. The van der Waals surface area contributed by atoms with E-state index in [-0.39, 0.29) is 12.1 Å². The topological polar surface area (TPSA) is 56.4 Å². The minimum Gasteiger partial charge on any atom is -0.369 e. The van der Waals surface area contributed by atoms with Crippen molar-refractivity contribution in [2.45, 2.75) is 38.6 Å². The lowest BCUT2D eigenvalue weighted by molar-refractivity contribution is 0.0886. The number of fused-ring (bicyclic) bond motifs is 1. The highest BCUT2D eigenvalue weighted by atomic mass is 16.5. The summed E-state index contributed by atoms with van der Waals surface area (Å²) in [6, 6.07) is 6.40. The van der Waals surface area contributed by atoms with Crippen molar-refractivity contribution in [1.29, 1.82) is 0 Å². The largest absolute Gasteiger partial charge is 0.369 e. The van der Waals surface area contributed by atoms with Gasteiger partial charge in [-0.3, -0.25) is 0 Å². The maximum absolute atomic E-state index is 5.94. The van der Waals surface area contributed by atoms with Gasteiger partial charge in [-0.05, 0) is 25.5 Å². The molecule has 4 heterocycles. The minimum absolute atomic E-state index is 0.0202. The summed E-state index contributed by atoms with van der Waals surface area (Å²) in [4.78, 5) is 4.50. The average Bonchev–Trinajstić information content (AvgIpc) is 3.31. The van der Waals surface area contributed by atoms with Gasteiger partial charge >= 0.3 is 0 Å². The van der Waals surface area contributed by atoms with E-state index in [9.17, 15) is 0 Å². The van der Waals surface area contributed by atoms with Crippen LogP contribution in [0.4, 0.5) is 0 Å². The summed E-state index contributed by atoms with van der Waals surface area (Å²) in [6.45, 7) is 4.59. The molecule has 0 aliphatic carbocycles. The quantitative estimate of drug-likeness (QED) is 0.784. The Kier molecular flexibility index (Phi) is 3.85. The summed E-state index contributed by atoms with van der Waals surface area (Å²) >= 11 is 0. The molecule has 120 valence electrons. The second-order valence-corrected chi connectivity index (χ2v) is 5.84. The van der Waals surface area contributed by atoms with Crippen molar-refractivity contribution in [2.75, 3.05) is 6.61 Å². The van der Waals surface area contributed by atoms with Crippen LogP contribution in [0.15, 0.2) is 43.0 Å². The van der Waals surface area contributed by atoms with Crippen molar-refractivity contribution >= 4 is 5.52 Å². The van der Waals surface area contributed by atoms with Gasteiger partial charge in [0.05, 0.1) is 11.7 Å². The minimum atomic E-state index is 0.0202. The predicted octanol–water partition coefficient (Wildman–Crippen LogP) is 2.17. The molecule has 4 rings (SSSR count). The van der Waals surface area contributed by atoms with E-state index in [0.717, 1.165) is 37.5 Å². The summed E-state index contributed by atoms with van der Waals surface area (Å²) in [5.74, 6) is 1.02. The fourth-order valence-corrected chi connectivity index (χ4v) is 3.26. The van der Waals surface area contributed by atoms with Gasteiger partial charge in [0, 0.05) is 49.9 Å². The first-order valence-corrected chi connectivity index (χ1v) is 8.14. The van der Waals surface area contributed by atoms with Crippen LogP contribution >= 0.6 is 0 Å². The average molecular weight is 311 g/mol. The number of aryl methyl sites for hydroxylation is 1. The highest BCUT2D eigenvalue weighted by Gasteiger charge is 2.32. The van der Waals surface area contributed by atoms with E-state index in [1.165, 1.54) is 5.56 Å². The number of nitrogens with one attached hydrogen (secondary N) is 1. The maximum Gasteiger partial charge on any atom is 0.139 e. The molecular weight excluding hydrogens is 290 g/mol. The number of hydrogen-bond acceptors (Lipinski definition) is 4. The van der Waals surface area contributed by atoms with E-state index in [1.54, 1.807) is 0 Å². The lowest BCUT2D eigenvalue weighted by atomic mass is 10.1. The smallest absolute Gasteiger partial charge is 0.139 e. The van der Waals surface area contributed by atoms with Crippen molar-refractivity contribution in [3.05, 3.63) is 54.4 Å². The second kappa shape index (κ2) is 6.14. The highest BCUT2D eigenvalue weighted by Crippen LogP contribution is 2.28. The Bertz CT molecular complexity index is 793. The predicted molar refractivity (Wildman–Crippen MR) is 87.0 cm³/mol. The molecule has 6 heteroatoms. The number of nitrogens with zero attached hydrogens (tertiary/aromatic N) is 4. The molecular formula is C17H21N5O. The molecule has 2 atom stereocenters. The highest BCUT2D eigenvalue weighted by molar-refractivity contribution is 5.53. The molecule has 1 N–H and O–H groups in total. The number of pyridine rings is 1. The van der Waals surface area contributed by atoms with Gasteiger partial charge in [0.15, 0.2) is 0 Å². The van der Waals surface area contributed by atoms with Crippen LogP contribution in [0.3, 0.4) is 0 Å². The fourth-order valence-electron chi connectivity index (χ4n) is 3.26. The first kappa shape index (κ1) is 14.4. The maximum atomic E-state index is 5.94. The van der Waals surface area contributed by atoms with Crippen LogP contribution in [0.2, 0.25) is 0 Å². The molecule has 0 spiro atoms. The van der Waals surface area contributed by atoms with Crippen molar-refractivity contribution in [3.63, 3.8) is 0 Å².